The van der Waals surface area contributed by atoms with E-state index in [1.165, 1.54) is 0 Å². The molecule has 2 aromatic carbocycles. The molecule has 0 saturated carbocycles. The molecular formula is C22H26N4O6. The van der Waals surface area contributed by atoms with Crippen molar-refractivity contribution >= 4 is 5.91 Å². The zero-order valence-corrected chi connectivity index (χ0v) is 17.7. The average Bonchev–Trinajstić information content (AvgIpc) is 2.81. The lowest BCUT2D eigenvalue weighted by molar-refractivity contribution is -0.234. The van der Waals surface area contributed by atoms with E-state index in [2.05, 4.69) is 15.3 Å². The van der Waals surface area contributed by atoms with Crippen LogP contribution in [0.3, 0.4) is 0 Å². The molecule has 5 N–H and O–H groups in total. The van der Waals surface area contributed by atoms with Crippen LogP contribution >= 0.6 is 0 Å². The van der Waals surface area contributed by atoms with Crippen LogP contribution in [0, 0.1) is 6.92 Å². The Morgan fingerprint density at radius 2 is 1.88 bits per heavy atom. The smallest absolute Gasteiger partial charge is 0.251 e. The third kappa shape index (κ3) is 4.61. The first kappa shape index (κ1) is 23.7. The predicted octanol–water partition coefficient (Wildman–Crippen LogP) is 1.22. The lowest BCUT2D eigenvalue weighted by atomic mass is 9.86. The molecular weight excluding hydrogens is 416 g/mol. The summed E-state index contributed by atoms with van der Waals surface area (Å²) in [6.07, 6.45) is -6.90. The molecule has 1 aliphatic rings. The fourth-order valence-corrected chi connectivity index (χ4v) is 3.92. The predicted molar refractivity (Wildman–Crippen MR) is 116 cm³/mol. The van der Waals surface area contributed by atoms with Crippen molar-refractivity contribution in [2.45, 2.75) is 43.5 Å². The second kappa shape index (κ2) is 10.1. The minimum absolute atomic E-state index is 0.203. The molecule has 1 saturated heterocycles. The van der Waals surface area contributed by atoms with Crippen LogP contribution in [0.25, 0.3) is 21.6 Å². The molecule has 0 spiro atoms. The van der Waals surface area contributed by atoms with E-state index in [1.54, 1.807) is 44.3 Å². The number of aliphatic hydroxyl groups excluding tert-OH is 4. The van der Waals surface area contributed by atoms with Gasteiger partial charge in [0.2, 0.25) is 0 Å². The van der Waals surface area contributed by atoms with Gasteiger partial charge in [-0.15, -0.1) is 0 Å². The summed E-state index contributed by atoms with van der Waals surface area (Å²) >= 11 is 0. The molecule has 10 nitrogen and oxygen atoms in total. The number of rotatable bonds is 6. The third-order valence-corrected chi connectivity index (χ3v) is 5.69. The Labute approximate surface area is 184 Å². The van der Waals surface area contributed by atoms with Gasteiger partial charge in [0.15, 0.2) is 0 Å². The van der Waals surface area contributed by atoms with Gasteiger partial charge in [-0.3, -0.25) is 4.79 Å². The number of carbonyl (C=O) groups excluding carboxylic acids is 1. The van der Waals surface area contributed by atoms with Gasteiger partial charge in [0.1, 0.15) is 24.4 Å². The van der Waals surface area contributed by atoms with Gasteiger partial charge >= 0.3 is 0 Å². The van der Waals surface area contributed by atoms with Crippen molar-refractivity contribution in [2.24, 2.45) is 5.11 Å². The molecule has 2 unspecified atom stereocenters. The highest BCUT2D eigenvalue weighted by atomic mass is 16.5. The molecule has 0 radical (unpaired) electrons. The van der Waals surface area contributed by atoms with E-state index in [9.17, 15) is 25.2 Å². The van der Waals surface area contributed by atoms with Crippen LogP contribution in [0.4, 0.5) is 0 Å². The molecule has 6 atom stereocenters. The van der Waals surface area contributed by atoms with Gasteiger partial charge in [-0.05, 0) is 46.8 Å². The quantitative estimate of drug-likeness (QED) is 0.256. The number of carbonyl (C=O) groups is 1. The van der Waals surface area contributed by atoms with Gasteiger partial charge in [0, 0.05) is 17.5 Å². The Kier molecular flexibility index (Phi) is 7.47. The molecule has 32 heavy (non-hydrogen) atoms. The molecule has 170 valence electrons. The fourth-order valence-electron chi connectivity index (χ4n) is 3.92. The Balaban J connectivity index is 1.97. The minimum atomic E-state index is -1.57. The number of azide groups is 1. The molecule has 1 fully saturated rings. The number of hydrogen-bond acceptors (Lipinski definition) is 7. The molecule has 1 heterocycles. The van der Waals surface area contributed by atoms with Gasteiger partial charge in [-0.2, -0.15) is 0 Å². The van der Waals surface area contributed by atoms with Crippen molar-refractivity contribution < 1.29 is 30.0 Å². The highest BCUT2D eigenvalue weighted by molar-refractivity contribution is 5.95. The van der Waals surface area contributed by atoms with Crippen molar-refractivity contribution in [3.8, 4) is 11.1 Å². The number of benzene rings is 2. The monoisotopic (exact) mass is 442 g/mol. The normalized spacial score (nSPS) is 26.1. The number of amides is 1. The average molecular weight is 442 g/mol. The van der Waals surface area contributed by atoms with E-state index in [-0.39, 0.29) is 5.91 Å². The van der Waals surface area contributed by atoms with Crippen LogP contribution in [0.1, 0.15) is 27.5 Å². The highest BCUT2D eigenvalue weighted by Gasteiger charge is 2.46. The maximum absolute atomic E-state index is 11.9. The number of ether oxygens (including phenoxy) is 1. The Bertz CT molecular complexity index is 1020. The van der Waals surface area contributed by atoms with E-state index in [4.69, 9.17) is 10.3 Å². The summed E-state index contributed by atoms with van der Waals surface area (Å²) in [6.45, 7) is 1.22. The summed E-state index contributed by atoms with van der Waals surface area (Å²) < 4.78 is 5.60. The van der Waals surface area contributed by atoms with E-state index in [1.807, 2.05) is 12.1 Å². The molecule has 0 bridgehead atoms. The van der Waals surface area contributed by atoms with Crippen LogP contribution < -0.4 is 5.32 Å². The minimum Gasteiger partial charge on any atom is -0.394 e. The van der Waals surface area contributed by atoms with Crippen LogP contribution in [-0.2, 0) is 4.74 Å². The second-order valence-electron chi connectivity index (χ2n) is 7.67. The zero-order valence-electron chi connectivity index (χ0n) is 17.7. The third-order valence-electron chi connectivity index (χ3n) is 5.69. The first-order valence-corrected chi connectivity index (χ1v) is 10.1. The van der Waals surface area contributed by atoms with Gasteiger partial charge in [0.25, 0.3) is 5.91 Å². The lowest BCUT2D eigenvalue weighted by Gasteiger charge is -2.42. The Morgan fingerprint density at radius 1 is 1.16 bits per heavy atom. The first-order valence-electron chi connectivity index (χ1n) is 10.1. The van der Waals surface area contributed by atoms with Gasteiger partial charge in [0.05, 0.1) is 18.8 Å². The van der Waals surface area contributed by atoms with Crippen LogP contribution in [0.5, 0.6) is 0 Å². The van der Waals surface area contributed by atoms with E-state index in [0.29, 0.717) is 11.1 Å². The summed E-state index contributed by atoms with van der Waals surface area (Å²) in [4.78, 5) is 14.8. The topological polar surface area (TPSA) is 168 Å². The standard InChI is InChI=1S/C22H26N4O6/c1-11-8-13(12-4-3-5-14(9-12)22(31)24-2)6-7-15(11)17(25-26-23)21-20(30)19(29)18(28)16(10-27)32-21/h3-9,16-21,27-30H,10H2,1-2H3,(H,24,31)/t16?,17-,18-,19+,20?,21-/m1/s1. The maximum atomic E-state index is 11.9. The molecule has 1 aliphatic heterocycles. The summed E-state index contributed by atoms with van der Waals surface area (Å²) in [5, 5.41) is 46.4. The van der Waals surface area contributed by atoms with Crippen LogP contribution in [0.15, 0.2) is 47.6 Å². The van der Waals surface area contributed by atoms with E-state index < -0.39 is 43.2 Å². The summed E-state index contributed by atoms with van der Waals surface area (Å²) in [5.74, 6) is -0.203. The van der Waals surface area contributed by atoms with Gasteiger partial charge in [-0.1, -0.05) is 35.4 Å². The largest absolute Gasteiger partial charge is 0.394 e. The maximum Gasteiger partial charge on any atom is 0.251 e. The number of aryl methyl sites for hydroxylation is 1. The zero-order chi connectivity index (χ0) is 23.4. The Morgan fingerprint density at radius 3 is 2.50 bits per heavy atom. The van der Waals surface area contributed by atoms with Crippen molar-refractivity contribution in [1.82, 2.24) is 5.32 Å². The van der Waals surface area contributed by atoms with Gasteiger partial charge < -0.3 is 30.5 Å². The lowest BCUT2D eigenvalue weighted by Crippen LogP contribution is -2.59. The number of hydrogen-bond donors (Lipinski definition) is 5. The summed E-state index contributed by atoms with van der Waals surface area (Å²) in [7, 11) is 1.56. The fraction of sp³-hybridized carbons (Fsp3) is 0.409. The van der Waals surface area contributed by atoms with E-state index in [0.717, 1.165) is 16.7 Å². The molecule has 2 aromatic rings. The molecule has 3 rings (SSSR count). The second-order valence-corrected chi connectivity index (χ2v) is 7.67. The molecule has 0 aliphatic carbocycles. The van der Waals surface area contributed by atoms with Gasteiger partial charge in [-0.25, -0.2) is 0 Å². The molecule has 1 amide bonds. The van der Waals surface area contributed by atoms with Crippen molar-refractivity contribution in [3.05, 3.63) is 69.6 Å². The Hall–Kier alpha value is -2.98. The SMILES string of the molecule is CNC(=O)c1cccc(-c2ccc([C@@H](N=[N+]=[N-])[C@H]3OC(CO)[C@@H](O)[C@H](O)C3O)c(C)c2)c1. The highest BCUT2D eigenvalue weighted by Crippen LogP contribution is 2.36. The van der Waals surface area contributed by atoms with Crippen LogP contribution in [-0.4, -0.2) is 70.5 Å². The first-order chi connectivity index (χ1) is 15.3. The summed E-state index contributed by atoms with van der Waals surface area (Å²) in [5.41, 5.74) is 12.5. The number of nitrogens with zero attached hydrogens (tertiary/aromatic N) is 3. The van der Waals surface area contributed by atoms with E-state index >= 15 is 0 Å². The number of nitrogens with one attached hydrogen (secondary N) is 1. The summed E-state index contributed by atoms with van der Waals surface area (Å²) in [6, 6.07) is 11.5. The van der Waals surface area contributed by atoms with Crippen molar-refractivity contribution in [1.29, 1.82) is 0 Å². The molecule has 10 heteroatoms. The van der Waals surface area contributed by atoms with Crippen molar-refractivity contribution in [2.75, 3.05) is 13.7 Å². The number of aliphatic hydroxyl groups is 4. The molecule has 0 aromatic heterocycles. The van der Waals surface area contributed by atoms with Crippen molar-refractivity contribution in [3.63, 3.8) is 0 Å². The van der Waals surface area contributed by atoms with Crippen LogP contribution in [0.2, 0.25) is 0 Å².